The Morgan fingerprint density at radius 2 is 2.20 bits per heavy atom. The lowest BCUT2D eigenvalue weighted by molar-refractivity contribution is 0.0731. The fourth-order valence-corrected chi connectivity index (χ4v) is 3.26. The number of hydrogen-bond donors (Lipinski definition) is 2. The summed E-state index contributed by atoms with van der Waals surface area (Å²) in [5.41, 5.74) is 1.02. The number of nitrogens with one attached hydrogen (secondary N) is 1. The highest BCUT2D eigenvalue weighted by molar-refractivity contribution is 5.74. The number of aromatic nitrogens is 3. The maximum absolute atomic E-state index is 12.8. The molecule has 0 saturated carbocycles. The Morgan fingerprint density at radius 1 is 1.40 bits per heavy atom. The number of piperidine rings is 1. The molecule has 25 heavy (non-hydrogen) atoms. The lowest BCUT2D eigenvalue weighted by atomic mass is 9.93. The van der Waals surface area contributed by atoms with E-state index in [2.05, 4.69) is 15.4 Å². The summed E-state index contributed by atoms with van der Waals surface area (Å²) in [4.78, 5) is 18.5. The third-order valence-corrected chi connectivity index (χ3v) is 4.76. The van der Waals surface area contributed by atoms with E-state index in [0.29, 0.717) is 13.1 Å². The molecule has 2 heterocycles. The lowest BCUT2D eigenvalue weighted by Crippen LogP contribution is -2.48. The predicted molar refractivity (Wildman–Crippen MR) is 93.7 cm³/mol. The van der Waals surface area contributed by atoms with Gasteiger partial charge in [0.05, 0.1) is 18.7 Å². The van der Waals surface area contributed by atoms with Gasteiger partial charge in [0.1, 0.15) is 12.7 Å². The first-order valence-electron chi connectivity index (χ1n) is 8.74. The number of carbonyl (C=O) groups is 1. The smallest absolute Gasteiger partial charge is 0.317 e. The van der Waals surface area contributed by atoms with Crippen molar-refractivity contribution in [2.75, 3.05) is 13.1 Å². The van der Waals surface area contributed by atoms with Crippen LogP contribution in [0.5, 0.6) is 0 Å². The second-order valence-corrected chi connectivity index (χ2v) is 6.62. The van der Waals surface area contributed by atoms with E-state index in [9.17, 15) is 9.90 Å². The fraction of sp³-hybridized carbons (Fsp3) is 0.500. The molecule has 2 amide bonds. The zero-order valence-corrected chi connectivity index (χ0v) is 14.5. The summed E-state index contributed by atoms with van der Waals surface area (Å²) in [5.74, 6) is 0.144. The minimum absolute atomic E-state index is 0.0979. The Kier molecular flexibility index (Phi) is 5.65. The van der Waals surface area contributed by atoms with Crippen LogP contribution in [0, 0.1) is 5.92 Å². The third kappa shape index (κ3) is 4.57. The molecule has 2 aromatic rings. The maximum atomic E-state index is 12.8. The number of aliphatic hydroxyl groups is 1. The van der Waals surface area contributed by atoms with Gasteiger partial charge in [-0.25, -0.2) is 9.78 Å². The van der Waals surface area contributed by atoms with E-state index in [1.165, 1.54) is 6.33 Å². The van der Waals surface area contributed by atoms with Crippen LogP contribution in [-0.2, 0) is 6.54 Å². The average Bonchev–Trinajstić information content (AvgIpc) is 3.15. The van der Waals surface area contributed by atoms with Crippen molar-refractivity contribution in [2.45, 2.75) is 38.5 Å². The topological polar surface area (TPSA) is 83.3 Å². The quantitative estimate of drug-likeness (QED) is 0.867. The van der Waals surface area contributed by atoms with Gasteiger partial charge in [0.15, 0.2) is 0 Å². The molecule has 1 saturated heterocycles. The van der Waals surface area contributed by atoms with Crippen molar-refractivity contribution in [3.05, 3.63) is 48.5 Å². The SMILES string of the molecule is CC(O)C1CCCN(C(=O)NC(Cn2cncn2)c2ccccc2)C1. The van der Waals surface area contributed by atoms with Crippen LogP contribution in [-0.4, -0.2) is 50.0 Å². The number of urea groups is 1. The Hall–Kier alpha value is -2.41. The fourth-order valence-electron chi connectivity index (χ4n) is 3.26. The molecule has 7 heteroatoms. The minimum atomic E-state index is -0.393. The van der Waals surface area contributed by atoms with Crippen LogP contribution in [0.25, 0.3) is 0 Å². The first kappa shape index (κ1) is 17.4. The van der Waals surface area contributed by atoms with Crippen LogP contribution < -0.4 is 5.32 Å². The van der Waals surface area contributed by atoms with E-state index in [-0.39, 0.29) is 18.0 Å². The molecule has 1 aromatic carbocycles. The average molecular weight is 343 g/mol. The molecule has 0 bridgehead atoms. The van der Waals surface area contributed by atoms with Crippen molar-refractivity contribution in [3.63, 3.8) is 0 Å². The molecule has 1 aromatic heterocycles. The molecule has 1 fully saturated rings. The normalized spacial score (nSPS) is 20.1. The van der Waals surface area contributed by atoms with Crippen LogP contribution in [0.3, 0.4) is 0 Å². The Labute approximate surface area is 147 Å². The van der Waals surface area contributed by atoms with Gasteiger partial charge in [-0.1, -0.05) is 30.3 Å². The highest BCUT2D eigenvalue weighted by Crippen LogP contribution is 2.21. The van der Waals surface area contributed by atoms with Crippen LogP contribution in [0.15, 0.2) is 43.0 Å². The van der Waals surface area contributed by atoms with Crippen LogP contribution >= 0.6 is 0 Å². The zero-order chi connectivity index (χ0) is 17.6. The van der Waals surface area contributed by atoms with Gasteiger partial charge in [0.25, 0.3) is 0 Å². The number of amides is 2. The molecule has 0 spiro atoms. The molecule has 3 rings (SSSR count). The number of rotatable bonds is 5. The van der Waals surface area contributed by atoms with E-state index in [1.807, 2.05) is 30.3 Å². The van der Waals surface area contributed by atoms with Crippen molar-refractivity contribution in [1.29, 1.82) is 0 Å². The lowest BCUT2D eigenvalue weighted by Gasteiger charge is -2.35. The summed E-state index contributed by atoms with van der Waals surface area (Å²) in [6, 6.07) is 9.57. The number of benzene rings is 1. The van der Waals surface area contributed by atoms with Gasteiger partial charge in [-0.05, 0) is 25.3 Å². The summed E-state index contributed by atoms with van der Waals surface area (Å²) in [6.07, 6.45) is 4.62. The van der Waals surface area contributed by atoms with Gasteiger partial charge < -0.3 is 15.3 Å². The van der Waals surface area contributed by atoms with Crippen molar-refractivity contribution in [3.8, 4) is 0 Å². The van der Waals surface area contributed by atoms with Gasteiger partial charge in [-0.15, -0.1) is 0 Å². The highest BCUT2D eigenvalue weighted by atomic mass is 16.3. The van der Waals surface area contributed by atoms with Gasteiger partial charge in [0.2, 0.25) is 0 Å². The standard InChI is InChI=1S/C18H25N5O2/c1-14(24)16-8-5-9-22(10-16)18(25)21-17(11-23-13-19-12-20-23)15-6-3-2-4-7-15/h2-4,6-7,12-14,16-17,24H,5,8-11H2,1H3,(H,21,25). The second-order valence-electron chi connectivity index (χ2n) is 6.62. The van der Waals surface area contributed by atoms with E-state index >= 15 is 0 Å². The van der Waals surface area contributed by atoms with E-state index in [0.717, 1.165) is 24.9 Å². The van der Waals surface area contributed by atoms with E-state index in [4.69, 9.17) is 0 Å². The number of aliphatic hydroxyl groups excluding tert-OH is 1. The van der Waals surface area contributed by atoms with Crippen LogP contribution in [0.4, 0.5) is 4.79 Å². The molecule has 7 nitrogen and oxygen atoms in total. The number of likely N-dealkylation sites (tertiary alicyclic amines) is 1. The van der Waals surface area contributed by atoms with Gasteiger partial charge in [-0.3, -0.25) is 4.68 Å². The van der Waals surface area contributed by atoms with E-state index in [1.54, 1.807) is 22.8 Å². The van der Waals surface area contributed by atoms with Crippen molar-refractivity contribution in [2.24, 2.45) is 5.92 Å². The predicted octanol–water partition coefficient (Wildman–Crippen LogP) is 1.82. The molecule has 0 radical (unpaired) electrons. The largest absolute Gasteiger partial charge is 0.393 e. The first-order chi connectivity index (χ1) is 12.1. The number of nitrogens with zero attached hydrogens (tertiary/aromatic N) is 4. The summed E-state index contributed by atoms with van der Waals surface area (Å²) in [5, 5.41) is 17.1. The molecule has 1 aliphatic heterocycles. The molecular formula is C18H25N5O2. The molecular weight excluding hydrogens is 318 g/mol. The van der Waals surface area contributed by atoms with Crippen molar-refractivity contribution < 1.29 is 9.90 Å². The van der Waals surface area contributed by atoms with Crippen molar-refractivity contribution >= 4 is 6.03 Å². The van der Waals surface area contributed by atoms with E-state index < -0.39 is 6.10 Å². The van der Waals surface area contributed by atoms with Gasteiger partial charge >= 0.3 is 6.03 Å². The monoisotopic (exact) mass is 343 g/mol. The molecule has 1 aliphatic rings. The first-order valence-corrected chi connectivity index (χ1v) is 8.74. The molecule has 2 N–H and O–H groups in total. The number of hydrogen-bond acceptors (Lipinski definition) is 4. The van der Waals surface area contributed by atoms with Crippen LogP contribution in [0.1, 0.15) is 31.4 Å². The number of carbonyl (C=O) groups excluding carboxylic acids is 1. The second kappa shape index (κ2) is 8.11. The Balaban J connectivity index is 1.70. The van der Waals surface area contributed by atoms with Crippen molar-refractivity contribution in [1.82, 2.24) is 25.0 Å². The Bertz CT molecular complexity index is 659. The van der Waals surface area contributed by atoms with Gasteiger partial charge in [-0.2, -0.15) is 5.10 Å². The molecule has 3 atom stereocenters. The minimum Gasteiger partial charge on any atom is -0.393 e. The Morgan fingerprint density at radius 3 is 2.88 bits per heavy atom. The van der Waals surface area contributed by atoms with Crippen LogP contribution in [0.2, 0.25) is 0 Å². The molecule has 134 valence electrons. The van der Waals surface area contributed by atoms with Gasteiger partial charge in [0, 0.05) is 19.0 Å². The maximum Gasteiger partial charge on any atom is 0.317 e. The zero-order valence-electron chi connectivity index (χ0n) is 14.5. The summed E-state index contributed by atoms with van der Waals surface area (Å²) in [7, 11) is 0. The summed E-state index contributed by atoms with van der Waals surface area (Å²) in [6.45, 7) is 3.63. The molecule has 0 aliphatic carbocycles. The summed E-state index contributed by atoms with van der Waals surface area (Å²) >= 11 is 0. The highest BCUT2D eigenvalue weighted by Gasteiger charge is 2.28. The molecule has 3 unspecified atom stereocenters. The summed E-state index contributed by atoms with van der Waals surface area (Å²) < 4.78 is 1.72. The third-order valence-electron chi connectivity index (χ3n) is 4.76.